The molecule has 0 saturated carbocycles. The van der Waals surface area contributed by atoms with E-state index >= 15 is 0 Å². The van der Waals surface area contributed by atoms with Crippen molar-refractivity contribution in [2.24, 2.45) is 7.05 Å². The molecule has 0 amide bonds. The molecule has 102 valence electrons. The summed E-state index contributed by atoms with van der Waals surface area (Å²) in [4.78, 5) is 4.17. The van der Waals surface area contributed by atoms with Crippen molar-refractivity contribution in [2.75, 3.05) is 0 Å². The van der Waals surface area contributed by atoms with E-state index in [1.807, 2.05) is 54.7 Å². The van der Waals surface area contributed by atoms with E-state index in [-0.39, 0.29) is 0 Å². The van der Waals surface area contributed by atoms with Crippen molar-refractivity contribution in [3.05, 3.63) is 61.4 Å². The SMILES string of the molecule is Cn1cc(-c2ccc3c(-c4cccnc4)cnn3c2)cn1. The lowest BCUT2D eigenvalue weighted by atomic mass is 10.1. The van der Waals surface area contributed by atoms with Gasteiger partial charge < -0.3 is 0 Å². The third-order valence-electron chi connectivity index (χ3n) is 3.53. The monoisotopic (exact) mass is 275 g/mol. The Morgan fingerprint density at radius 2 is 1.81 bits per heavy atom. The number of aromatic nitrogens is 5. The first-order valence-electron chi connectivity index (χ1n) is 6.68. The van der Waals surface area contributed by atoms with E-state index < -0.39 is 0 Å². The molecule has 0 radical (unpaired) electrons. The predicted octanol–water partition coefficient (Wildman–Crippen LogP) is 2.80. The molecule has 0 unspecified atom stereocenters. The van der Waals surface area contributed by atoms with Crippen molar-refractivity contribution in [1.29, 1.82) is 0 Å². The smallest absolute Gasteiger partial charge is 0.0741 e. The molecular weight excluding hydrogens is 262 g/mol. The number of hydrogen-bond donors (Lipinski definition) is 0. The van der Waals surface area contributed by atoms with Gasteiger partial charge in [-0.05, 0) is 12.1 Å². The van der Waals surface area contributed by atoms with E-state index in [4.69, 9.17) is 0 Å². The summed E-state index contributed by atoms with van der Waals surface area (Å²) >= 11 is 0. The standard InChI is InChI=1S/C16H13N5/c1-20-10-14(8-18-20)13-4-5-16-15(9-19-21(16)11-13)12-3-2-6-17-7-12/h2-11H,1H3. The Kier molecular flexibility index (Phi) is 2.57. The third-order valence-corrected chi connectivity index (χ3v) is 3.53. The summed E-state index contributed by atoms with van der Waals surface area (Å²) in [6.07, 6.45) is 11.4. The zero-order chi connectivity index (χ0) is 14.2. The van der Waals surface area contributed by atoms with Crippen LogP contribution in [-0.4, -0.2) is 24.4 Å². The van der Waals surface area contributed by atoms with Crippen LogP contribution in [0.15, 0.2) is 61.4 Å². The molecule has 4 aromatic rings. The Morgan fingerprint density at radius 1 is 0.857 bits per heavy atom. The minimum absolute atomic E-state index is 1.07. The van der Waals surface area contributed by atoms with Gasteiger partial charge in [-0.1, -0.05) is 12.1 Å². The first kappa shape index (κ1) is 11.8. The van der Waals surface area contributed by atoms with Gasteiger partial charge in [0.15, 0.2) is 0 Å². The van der Waals surface area contributed by atoms with Gasteiger partial charge in [-0.3, -0.25) is 9.67 Å². The van der Waals surface area contributed by atoms with Gasteiger partial charge in [0.25, 0.3) is 0 Å². The minimum Gasteiger partial charge on any atom is -0.275 e. The average Bonchev–Trinajstić information content (AvgIpc) is 3.13. The maximum atomic E-state index is 4.45. The molecule has 0 bridgehead atoms. The van der Waals surface area contributed by atoms with Gasteiger partial charge in [0.1, 0.15) is 0 Å². The molecule has 21 heavy (non-hydrogen) atoms. The summed E-state index contributed by atoms with van der Waals surface area (Å²) in [6, 6.07) is 8.15. The molecule has 0 aliphatic carbocycles. The highest BCUT2D eigenvalue weighted by molar-refractivity contribution is 5.80. The molecule has 4 rings (SSSR count). The van der Waals surface area contributed by atoms with Crippen LogP contribution in [-0.2, 0) is 7.05 Å². The topological polar surface area (TPSA) is 48.0 Å². The molecule has 0 fully saturated rings. The van der Waals surface area contributed by atoms with E-state index in [1.54, 1.807) is 10.9 Å². The number of rotatable bonds is 2. The quantitative estimate of drug-likeness (QED) is 0.565. The van der Waals surface area contributed by atoms with Crippen molar-refractivity contribution in [3.63, 3.8) is 0 Å². The van der Waals surface area contributed by atoms with Crippen LogP contribution < -0.4 is 0 Å². The van der Waals surface area contributed by atoms with Crippen molar-refractivity contribution < 1.29 is 0 Å². The summed E-state index contributed by atoms with van der Waals surface area (Å²) in [7, 11) is 1.91. The molecule has 5 heteroatoms. The number of fused-ring (bicyclic) bond motifs is 1. The maximum absolute atomic E-state index is 4.45. The van der Waals surface area contributed by atoms with Gasteiger partial charge >= 0.3 is 0 Å². The lowest BCUT2D eigenvalue weighted by Crippen LogP contribution is -1.88. The van der Waals surface area contributed by atoms with Crippen LogP contribution in [0.25, 0.3) is 27.8 Å². The molecule has 0 aliphatic heterocycles. The highest BCUT2D eigenvalue weighted by Crippen LogP contribution is 2.26. The first-order chi connectivity index (χ1) is 10.3. The summed E-state index contributed by atoms with van der Waals surface area (Å²) in [5.74, 6) is 0. The highest BCUT2D eigenvalue weighted by Gasteiger charge is 2.08. The molecule has 0 N–H and O–H groups in total. The molecule has 0 spiro atoms. The summed E-state index contributed by atoms with van der Waals surface area (Å²) in [6.45, 7) is 0. The van der Waals surface area contributed by atoms with Crippen molar-refractivity contribution in [3.8, 4) is 22.3 Å². The Bertz CT molecular complexity index is 905. The number of hydrogen-bond acceptors (Lipinski definition) is 3. The number of aryl methyl sites for hydroxylation is 1. The molecule has 0 atom stereocenters. The zero-order valence-electron chi connectivity index (χ0n) is 11.5. The van der Waals surface area contributed by atoms with Crippen LogP contribution in [0.1, 0.15) is 0 Å². The normalized spacial score (nSPS) is 11.1. The molecular formula is C16H13N5. The van der Waals surface area contributed by atoms with Gasteiger partial charge in [0.05, 0.1) is 17.9 Å². The van der Waals surface area contributed by atoms with E-state index in [1.165, 1.54) is 0 Å². The van der Waals surface area contributed by atoms with E-state index in [2.05, 4.69) is 27.3 Å². The number of nitrogens with zero attached hydrogens (tertiary/aromatic N) is 5. The Labute approximate surface area is 121 Å². The van der Waals surface area contributed by atoms with Crippen molar-refractivity contribution in [2.45, 2.75) is 0 Å². The maximum Gasteiger partial charge on any atom is 0.0741 e. The van der Waals surface area contributed by atoms with E-state index in [0.29, 0.717) is 0 Å². The average molecular weight is 275 g/mol. The molecule has 0 saturated heterocycles. The second-order valence-corrected chi connectivity index (χ2v) is 4.95. The lowest BCUT2D eigenvalue weighted by Gasteiger charge is -2.01. The summed E-state index contributed by atoms with van der Waals surface area (Å²) < 4.78 is 3.69. The second-order valence-electron chi connectivity index (χ2n) is 4.95. The third kappa shape index (κ3) is 1.99. The molecule has 0 aromatic carbocycles. The van der Waals surface area contributed by atoms with Crippen LogP contribution in [0.4, 0.5) is 0 Å². The fraction of sp³-hybridized carbons (Fsp3) is 0.0625. The Balaban J connectivity index is 1.84. The summed E-state index contributed by atoms with van der Waals surface area (Å²) in [5, 5.41) is 8.65. The van der Waals surface area contributed by atoms with Crippen LogP contribution in [0.5, 0.6) is 0 Å². The van der Waals surface area contributed by atoms with Gasteiger partial charge in [-0.15, -0.1) is 0 Å². The van der Waals surface area contributed by atoms with Crippen LogP contribution >= 0.6 is 0 Å². The number of pyridine rings is 2. The van der Waals surface area contributed by atoms with Crippen molar-refractivity contribution in [1.82, 2.24) is 24.4 Å². The molecule has 0 aliphatic rings. The fourth-order valence-corrected chi connectivity index (χ4v) is 2.47. The Hall–Kier alpha value is -2.95. The molecule has 5 nitrogen and oxygen atoms in total. The van der Waals surface area contributed by atoms with Gasteiger partial charge in [0.2, 0.25) is 0 Å². The van der Waals surface area contributed by atoms with Crippen LogP contribution in [0.2, 0.25) is 0 Å². The van der Waals surface area contributed by atoms with E-state index in [9.17, 15) is 0 Å². The largest absolute Gasteiger partial charge is 0.275 e. The van der Waals surface area contributed by atoms with Crippen molar-refractivity contribution >= 4 is 5.52 Å². The van der Waals surface area contributed by atoms with Crippen LogP contribution in [0.3, 0.4) is 0 Å². The van der Waals surface area contributed by atoms with Gasteiger partial charge in [0, 0.05) is 54.1 Å². The molecule has 4 heterocycles. The predicted molar refractivity (Wildman–Crippen MR) is 80.6 cm³/mol. The van der Waals surface area contributed by atoms with Crippen LogP contribution in [0, 0.1) is 0 Å². The molecule has 4 aromatic heterocycles. The van der Waals surface area contributed by atoms with E-state index in [0.717, 1.165) is 27.8 Å². The van der Waals surface area contributed by atoms with Gasteiger partial charge in [-0.2, -0.15) is 10.2 Å². The zero-order valence-corrected chi connectivity index (χ0v) is 11.5. The summed E-state index contributed by atoms with van der Waals surface area (Å²) in [5.41, 5.74) is 5.40. The minimum atomic E-state index is 1.07. The second kappa shape index (κ2) is 4.56. The first-order valence-corrected chi connectivity index (χ1v) is 6.68. The van der Waals surface area contributed by atoms with Gasteiger partial charge in [-0.25, -0.2) is 4.52 Å². The Morgan fingerprint density at radius 3 is 2.57 bits per heavy atom. The lowest BCUT2D eigenvalue weighted by molar-refractivity contribution is 0.768. The highest BCUT2D eigenvalue weighted by atomic mass is 15.2. The fourth-order valence-electron chi connectivity index (χ4n) is 2.47.